The van der Waals surface area contributed by atoms with E-state index in [1.807, 2.05) is 77.4 Å². The van der Waals surface area contributed by atoms with E-state index < -0.39 is 10.0 Å². The molecule has 1 aliphatic heterocycles. The Kier molecular flexibility index (Phi) is 7.79. The van der Waals surface area contributed by atoms with Crippen molar-refractivity contribution in [3.05, 3.63) is 77.2 Å². The molecule has 160 valence electrons. The first-order valence-corrected chi connectivity index (χ1v) is 11.8. The van der Waals surface area contributed by atoms with E-state index in [1.165, 1.54) is 9.71 Å². The molecule has 6 nitrogen and oxygen atoms in total. The zero-order valence-corrected chi connectivity index (χ0v) is 18.2. The molecule has 2 aromatic carbocycles. The number of likely N-dealkylation sites (N-methyl/N-ethyl adjacent to an activating group) is 1. The Bertz CT molecular complexity index is 938. The number of rotatable bonds is 8. The van der Waals surface area contributed by atoms with Crippen LogP contribution in [-0.2, 0) is 21.4 Å². The Morgan fingerprint density at radius 3 is 2.17 bits per heavy atom. The molecule has 0 bridgehead atoms. The maximum atomic E-state index is 12.7. The molecule has 2 aromatic rings. The number of nitrogens with zero attached hydrogens (tertiary/aromatic N) is 3. The van der Waals surface area contributed by atoms with Crippen LogP contribution in [0.4, 0.5) is 0 Å². The van der Waals surface area contributed by atoms with Crippen LogP contribution in [0.15, 0.2) is 66.1 Å². The molecule has 7 heteroatoms. The number of hydrogen-bond donors (Lipinski definition) is 0. The zero-order valence-electron chi connectivity index (χ0n) is 17.4. The maximum absolute atomic E-state index is 12.7. The second-order valence-electron chi connectivity index (χ2n) is 7.33. The largest absolute Gasteiger partial charge is 0.338 e. The lowest BCUT2D eigenvalue weighted by atomic mass is 10.2. The number of hydrogen-bond acceptors (Lipinski definition) is 4. The third-order valence-electron chi connectivity index (χ3n) is 5.23. The van der Waals surface area contributed by atoms with E-state index in [0.29, 0.717) is 45.8 Å². The monoisotopic (exact) mass is 427 g/mol. The number of benzene rings is 2. The lowest BCUT2D eigenvalue weighted by Crippen LogP contribution is -2.51. The summed E-state index contributed by atoms with van der Waals surface area (Å²) in [5.41, 5.74) is 1.96. The number of carbonyl (C=O) groups is 1. The van der Waals surface area contributed by atoms with Crippen molar-refractivity contribution in [3.8, 4) is 0 Å². The molecule has 1 amide bonds. The number of amides is 1. The van der Waals surface area contributed by atoms with Gasteiger partial charge in [0.1, 0.15) is 0 Å². The van der Waals surface area contributed by atoms with E-state index in [-0.39, 0.29) is 5.91 Å². The highest BCUT2D eigenvalue weighted by atomic mass is 32.2. The summed E-state index contributed by atoms with van der Waals surface area (Å²) in [6.07, 6.45) is 1.62. The van der Waals surface area contributed by atoms with Gasteiger partial charge < -0.3 is 4.90 Å². The minimum Gasteiger partial charge on any atom is -0.338 e. The van der Waals surface area contributed by atoms with Gasteiger partial charge in [-0.25, -0.2) is 8.42 Å². The number of sulfonamides is 1. The lowest BCUT2D eigenvalue weighted by Gasteiger charge is -2.34. The van der Waals surface area contributed by atoms with Gasteiger partial charge in [-0.05, 0) is 24.1 Å². The van der Waals surface area contributed by atoms with Gasteiger partial charge in [0.15, 0.2) is 0 Å². The van der Waals surface area contributed by atoms with Gasteiger partial charge in [0.2, 0.25) is 15.9 Å². The topological polar surface area (TPSA) is 60.9 Å². The fourth-order valence-corrected chi connectivity index (χ4v) is 4.60. The van der Waals surface area contributed by atoms with Gasteiger partial charge in [-0.1, -0.05) is 60.7 Å². The summed E-state index contributed by atoms with van der Waals surface area (Å²) in [5.74, 6) is 0.0710. The Balaban J connectivity index is 1.51. The molecule has 0 aromatic heterocycles. The number of piperazine rings is 1. The van der Waals surface area contributed by atoms with Crippen molar-refractivity contribution in [2.24, 2.45) is 0 Å². The van der Waals surface area contributed by atoms with Gasteiger partial charge in [0.05, 0.1) is 6.54 Å². The Morgan fingerprint density at radius 2 is 1.57 bits per heavy atom. The van der Waals surface area contributed by atoms with Crippen LogP contribution in [0.2, 0.25) is 0 Å². The van der Waals surface area contributed by atoms with Gasteiger partial charge in [0.25, 0.3) is 0 Å². The normalized spacial score (nSPS) is 16.0. The molecule has 0 saturated carbocycles. The summed E-state index contributed by atoms with van der Waals surface area (Å²) in [5, 5.41) is 1.27. The van der Waals surface area contributed by atoms with Crippen molar-refractivity contribution < 1.29 is 13.2 Å². The van der Waals surface area contributed by atoms with E-state index in [1.54, 1.807) is 6.08 Å². The molecule has 0 atom stereocenters. The van der Waals surface area contributed by atoms with Crippen LogP contribution in [0.1, 0.15) is 18.1 Å². The second kappa shape index (κ2) is 10.5. The molecule has 0 N–H and O–H groups in total. The average Bonchev–Trinajstić information content (AvgIpc) is 2.78. The van der Waals surface area contributed by atoms with Crippen molar-refractivity contribution >= 4 is 22.0 Å². The molecular weight excluding hydrogens is 398 g/mol. The lowest BCUT2D eigenvalue weighted by molar-refractivity contribution is -0.133. The smallest absolute Gasteiger partial charge is 0.237 e. The molecule has 30 heavy (non-hydrogen) atoms. The van der Waals surface area contributed by atoms with Crippen LogP contribution in [0.25, 0.3) is 6.08 Å². The van der Waals surface area contributed by atoms with Crippen LogP contribution in [0.3, 0.4) is 0 Å². The van der Waals surface area contributed by atoms with Crippen LogP contribution in [-0.4, -0.2) is 67.7 Å². The molecule has 1 heterocycles. The van der Waals surface area contributed by atoms with Crippen molar-refractivity contribution in [2.45, 2.75) is 13.5 Å². The molecule has 1 saturated heterocycles. The van der Waals surface area contributed by atoms with Gasteiger partial charge in [0, 0.05) is 44.7 Å². The SMILES string of the molecule is CCN(Cc1ccccc1)C(=O)CN1CCN(S(=O)(=O)C=Cc2ccccc2)CC1. The van der Waals surface area contributed by atoms with Crippen LogP contribution in [0, 0.1) is 0 Å². The quantitative estimate of drug-likeness (QED) is 0.650. The standard InChI is InChI=1S/C23H29N3O3S/c1-2-25(19-22-11-7-4-8-12-22)23(27)20-24-14-16-26(17-15-24)30(28,29)18-13-21-9-5-3-6-10-21/h3-13,18H,2,14-17,19-20H2,1H3. The first-order valence-electron chi connectivity index (χ1n) is 10.3. The van der Waals surface area contributed by atoms with Gasteiger partial charge >= 0.3 is 0 Å². The maximum Gasteiger partial charge on any atom is 0.237 e. The van der Waals surface area contributed by atoms with Crippen LogP contribution >= 0.6 is 0 Å². The third kappa shape index (κ3) is 6.26. The Labute approximate surface area is 179 Å². The molecule has 1 fully saturated rings. The summed E-state index contributed by atoms with van der Waals surface area (Å²) in [6, 6.07) is 19.3. The van der Waals surface area contributed by atoms with E-state index in [2.05, 4.69) is 0 Å². The van der Waals surface area contributed by atoms with E-state index in [4.69, 9.17) is 0 Å². The summed E-state index contributed by atoms with van der Waals surface area (Å²) >= 11 is 0. The molecule has 3 rings (SSSR count). The molecule has 0 spiro atoms. The highest BCUT2D eigenvalue weighted by Gasteiger charge is 2.26. The molecule has 1 aliphatic rings. The minimum absolute atomic E-state index is 0.0710. The summed E-state index contributed by atoms with van der Waals surface area (Å²) in [6.45, 7) is 5.40. The van der Waals surface area contributed by atoms with Crippen molar-refractivity contribution in [1.29, 1.82) is 0 Å². The third-order valence-corrected chi connectivity index (χ3v) is 6.80. The van der Waals surface area contributed by atoms with Crippen molar-refractivity contribution in [2.75, 3.05) is 39.3 Å². The predicted molar refractivity (Wildman–Crippen MR) is 120 cm³/mol. The van der Waals surface area contributed by atoms with Crippen molar-refractivity contribution in [3.63, 3.8) is 0 Å². The van der Waals surface area contributed by atoms with Gasteiger partial charge in [-0.3, -0.25) is 9.69 Å². The highest BCUT2D eigenvalue weighted by Crippen LogP contribution is 2.12. The minimum atomic E-state index is -3.46. The van der Waals surface area contributed by atoms with Gasteiger partial charge in [-0.2, -0.15) is 4.31 Å². The zero-order chi connectivity index (χ0) is 21.4. The first kappa shape index (κ1) is 22.2. The van der Waals surface area contributed by atoms with E-state index in [0.717, 1.165) is 11.1 Å². The predicted octanol–water partition coefficient (Wildman–Crippen LogP) is 2.65. The average molecular weight is 428 g/mol. The van der Waals surface area contributed by atoms with Gasteiger partial charge in [-0.15, -0.1) is 0 Å². The van der Waals surface area contributed by atoms with Crippen LogP contribution < -0.4 is 0 Å². The first-order chi connectivity index (χ1) is 14.5. The van der Waals surface area contributed by atoms with E-state index in [9.17, 15) is 13.2 Å². The Hall–Kier alpha value is -2.48. The van der Waals surface area contributed by atoms with E-state index >= 15 is 0 Å². The summed E-state index contributed by atoms with van der Waals surface area (Å²) in [4.78, 5) is 16.6. The molecule has 0 aliphatic carbocycles. The summed E-state index contributed by atoms with van der Waals surface area (Å²) in [7, 11) is -3.46. The Morgan fingerprint density at radius 1 is 0.967 bits per heavy atom. The second-order valence-corrected chi connectivity index (χ2v) is 9.15. The highest BCUT2D eigenvalue weighted by molar-refractivity contribution is 7.92. The fraction of sp³-hybridized carbons (Fsp3) is 0.348. The number of carbonyl (C=O) groups excluding carboxylic acids is 1. The van der Waals surface area contributed by atoms with Crippen molar-refractivity contribution in [1.82, 2.24) is 14.1 Å². The molecular formula is C23H29N3O3S. The summed E-state index contributed by atoms with van der Waals surface area (Å²) < 4.78 is 26.7. The molecule has 0 unspecified atom stereocenters. The fourth-order valence-electron chi connectivity index (χ4n) is 3.43. The van der Waals surface area contributed by atoms with Crippen LogP contribution in [0.5, 0.6) is 0 Å². The molecule has 0 radical (unpaired) electrons.